The number of piperidine rings is 1. The highest BCUT2D eigenvalue weighted by atomic mass is 16.5. The number of nitrogens with one attached hydrogen (secondary N) is 1. The molecule has 0 aromatic heterocycles. The Morgan fingerprint density at radius 3 is 2.67 bits per heavy atom. The molecule has 18 heavy (non-hydrogen) atoms. The van der Waals surface area contributed by atoms with Gasteiger partial charge < -0.3 is 14.8 Å². The van der Waals surface area contributed by atoms with Gasteiger partial charge in [-0.25, -0.2) is 0 Å². The largest absolute Gasteiger partial charge is 0.496 e. The summed E-state index contributed by atoms with van der Waals surface area (Å²) in [4.78, 5) is 0. The molecule has 1 aliphatic heterocycles. The molecule has 0 unspecified atom stereocenters. The quantitative estimate of drug-likeness (QED) is 0.871. The van der Waals surface area contributed by atoms with Crippen LogP contribution in [0.25, 0.3) is 0 Å². The molecule has 3 rings (SSSR count). The third-order valence-corrected chi connectivity index (χ3v) is 4.37. The zero-order valence-corrected chi connectivity index (χ0v) is 11.2. The summed E-state index contributed by atoms with van der Waals surface area (Å²) in [7, 11) is 3.52. The van der Waals surface area contributed by atoms with Gasteiger partial charge in [0.25, 0.3) is 0 Å². The first-order valence-corrected chi connectivity index (χ1v) is 6.82. The summed E-state index contributed by atoms with van der Waals surface area (Å²) in [5, 5.41) is 3.65. The predicted molar refractivity (Wildman–Crippen MR) is 71.6 cm³/mol. The summed E-state index contributed by atoms with van der Waals surface area (Å²) < 4.78 is 11.1. The van der Waals surface area contributed by atoms with E-state index in [1.54, 1.807) is 14.2 Å². The molecule has 0 radical (unpaired) electrons. The lowest BCUT2D eigenvalue weighted by Gasteiger charge is -2.39. The van der Waals surface area contributed by atoms with E-state index in [1.165, 1.54) is 30.4 Å². The lowest BCUT2D eigenvalue weighted by molar-refractivity contribution is 0.301. The van der Waals surface area contributed by atoms with Gasteiger partial charge >= 0.3 is 0 Å². The maximum atomic E-state index is 5.58. The Morgan fingerprint density at radius 2 is 1.89 bits per heavy atom. The van der Waals surface area contributed by atoms with E-state index in [0.29, 0.717) is 12.0 Å². The molecule has 98 valence electrons. The monoisotopic (exact) mass is 247 g/mol. The van der Waals surface area contributed by atoms with Crippen molar-refractivity contribution in [3.05, 3.63) is 23.3 Å². The molecule has 3 heteroatoms. The number of methoxy groups -OCH3 is 2. The zero-order chi connectivity index (χ0) is 12.5. The van der Waals surface area contributed by atoms with Crippen molar-refractivity contribution in [2.75, 3.05) is 20.8 Å². The summed E-state index contributed by atoms with van der Waals surface area (Å²) in [5.41, 5.74) is 2.75. The van der Waals surface area contributed by atoms with Crippen LogP contribution in [0.4, 0.5) is 0 Å². The second kappa shape index (κ2) is 4.81. The summed E-state index contributed by atoms with van der Waals surface area (Å²) in [5.74, 6) is 2.64. The van der Waals surface area contributed by atoms with Gasteiger partial charge in [0.05, 0.1) is 14.2 Å². The summed E-state index contributed by atoms with van der Waals surface area (Å²) in [6.45, 7) is 1.16. The Balaban J connectivity index is 2.09. The second-order valence-electron chi connectivity index (χ2n) is 5.21. The molecule has 0 amide bonds. The molecule has 2 atom stereocenters. The van der Waals surface area contributed by atoms with Crippen LogP contribution in [0.5, 0.6) is 11.5 Å². The Morgan fingerprint density at radius 1 is 1.11 bits per heavy atom. The first-order valence-electron chi connectivity index (χ1n) is 6.82. The van der Waals surface area contributed by atoms with E-state index >= 15 is 0 Å². The molecule has 1 N–H and O–H groups in total. The summed E-state index contributed by atoms with van der Waals surface area (Å²) >= 11 is 0. The fourth-order valence-corrected chi connectivity index (χ4v) is 3.56. The predicted octanol–water partition coefficient (Wildman–Crippen LogP) is 2.49. The van der Waals surface area contributed by atoms with Crippen molar-refractivity contribution in [1.29, 1.82) is 0 Å². The molecular formula is C15H21NO2. The van der Waals surface area contributed by atoms with Gasteiger partial charge in [0.2, 0.25) is 0 Å². The summed E-state index contributed by atoms with van der Waals surface area (Å²) in [6.07, 6.45) is 4.81. The third kappa shape index (κ3) is 1.77. The number of fused-ring (bicyclic) bond motifs is 3. The molecule has 1 fully saturated rings. The maximum Gasteiger partial charge on any atom is 0.122 e. The number of hydrogen-bond acceptors (Lipinski definition) is 3. The topological polar surface area (TPSA) is 30.5 Å². The second-order valence-corrected chi connectivity index (χ2v) is 5.21. The lowest BCUT2D eigenvalue weighted by atomic mass is 9.74. The van der Waals surface area contributed by atoms with E-state index in [2.05, 4.69) is 11.4 Å². The summed E-state index contributed by atoms with van der Waals surface area (Å²) in [6, 6.07) is 4.70. The van der Waals surface area contributed by atoms with Gasteiger partial charge in [0, 0.05) is 23.1 Å². The van der Waals surface area contributed by atoms with Crippen molar-refractivity contribution < 1.29 is 9.47 Å². The Kier molecular flexibility index (Phi) is 3.16. The Hall–Kier alpha value is -1.22. The van der Waals surface area contributed by atoms with E-state index in [4.69, 9.17) is 9.47 Å². The van der Waals surface area contributed by atoms with Crippen LogP contribution in [0.1, 0.15) is 36.3 Å². The molecule has 1 aromatic rings. The maximum absolute atomic E-state index is 5.58. The first-order chi connectivity index (χ1) is 8.85. The average molecular weight is 247 g/mol. The van der Waals surface area contributed by atoms with E-state index in [0.717, 1.165) is 24.5 Å². The molecule has 3 nitrogen and oxygen atoms in total. The fourth-order valence-electron chi connectivity index (χ4n) is 3.56. The Labute approximate surface area is 108 Å². The highest BCUT2D eigenvalue weighted by Gasteiger charge is 2.35. The molecule has 1 saturated heterocycles. The van der Waals surface area contributed by atoms with Crippen LogP contribution < -0.4 is 14.8 Å². The van der Waals surface area contributed by atoms with Crippen LogP contribution in [-0.4, -0.2) is 26.8 Å². The van der Waals surface area contributed by atoms with Crippen molar-refractivity contribution in [2.24, 2.45) is 0 Å². The zero-order valence-electron chi connectivity index (χ0n) is 11.2. The minimum atomic E-state index is 0.590. The Bertz CT molecular complexity index is 444. The van der Waals surface area contributed by atoms with Crippen molar-refractivity contribution in [3.8, 4) is 11.5 Å². The van der Waals surface area contributed by atoms with Gasteiger partial charge in [-0.05, 0) is 44.4 Å². The normalized spacial score (nSPS) is 26.1. The number of benzene rings is 1. The molecule has 1 aromatic carbocycles. The van der Waals surface area contributed by atoms with Gasteiger partial charge in [-0.2, -0.15) is 0 Å². The van der Waals surface area contributed by atoms with Crippen molar-refractivity contribution in [1.82, 2.24) is 5.32 Å². The standard InChI is InChI=1S/C15H21NO2/c1-17-13-7-8-14(18-2)15-10-4-3-9-16-12(10)6-5-11(13)15/h7-8,10,12,16H,3-6,9H2,1-2H3/t10-,12+/m0/s1. The highest BCUT2D eigenvalue weighted by Crippen LogP contribution is 2.45. The molecular weight excluding hydrogens is 226 g/mol. The molecule has 1 heterocycles. The van der Waals surface area contributed by atoms with Crippen LogP contribution in [0, 0.1) is 0 Å². The van der Waals surface area contributed by atoms with Crippen molar-refractivity contribution in [3.63, 3.8) is 0 Å². The van der Waals surface area contributed by atoms with Gasteiger partial charge in [0.1, 0.15) is 11.5 Å². The van der Waals surface area contributed by atoms with E-state index in [-0.39, 0.29) is 0 Å². The average Bonchev–Trinajstić information content (AvgIpc) is 2.45. The molecule has 2 aliphatic rings. The van der Waals surface area contributed by atoms with Gasteiger partial charge in [-0.3, -0.25) is 0 Å². The molecule has 1 aliphatic carbocycles. The molecule has 0 bridgehead atoms. The van der Waals surface area contributed by atoms with Crippen LogP contribution in [0.3, 0.4) is 0 Å². The van der Waals surface area contributed by atoms with Gasteiger partial charge in [-0.15, -0.1) is 0 Å². The number of ether oxygens (including phenoxy) is 2. The molecule has 0 spiro atoms. The van der Waals surface area contributed by atoms with Crippen LogP contribution in [-0.2, 0) is 6.42 Å². The lowest BCUT2D eigenvalue weighted by Crippen LogP contribution is -2.42. The van der Waals surface area contributed by atoms with E-state index in [9.17, 15) is 0 Å². The minimum absolute atomic E-state index is 0.590. The smallest absolute Gasteiger partial charge is 0.122 e. The SMILES string of the molecule is COc1ccc(OC)c2c1CC[C@H]1NCCC[C@H]21. The number of rotatable bonds is 2. The van der Waals surface area contributed by atoms with Crippen molar-refractivity contribution in [2.45, 2.75) is 37.6 Å². The van der Waals surface area contributed by atoms with Crippen LogP contribution in [0.15, 0.2) is 12.1 Å². The third-order valence-electron chi connectivity index (χ3n) is 4.37. The van der Waals surface area contributed by atoms with Gasteiger partial charge in [-0.1, -0.05) is 0 Å². The van der Waals surface area contributed by atoms with Gasteiger partial charge in [0.15, 0.2) is 0 Å². The minimum Gasteiger partial charge on any atom is -0.496 e. The van der Waals surface area contributed by atoms with E-state index in [1.807, 2.05) is 6.07 Å². The van der Waals surface area contributed by atoms with Crippen LogP contribution >= 0.6 is 0 Å². The molecule has 0 saturated carbocycles. The van der Waals surface area contributed by atoms with Crippen molar-refractivity contribution >= 4 is 0 Å². The van der Waals surface area contributed by atoms with Crippen LogP contribution in [0.2, 0.25) is 0 Å². The van der Waals surface area contributed by atoms with E-state index < -0.39 is 0 Å². The highest BCUT2D eigenvalue weighted by molar-refractivity contribution is 5.52. The fraction of sp³-hybridized carbons (Fsp3) is 0.600. The number of hydrogen-bond donors (Lipinski definition) is 1. The first kappa shape index (κ1) is 11.8.